The van der Waals surface area contributed by atoms with Gasteiger partial charge in [0.25, 0.3) is 0 Å². The summed E-state index contributed by atoms with van der Waals surface area (Å²) in [5, 5.41) is 2.93. The maximum absolute atomic E-state index is 11.9. The van der Waals surface area contributed by atoms with E-state index in [1.54, 1.807) is 0 Å². The van der Waals surface area contributed by atoms with Crippen LogP contribution in [0.15, 0.2) is 0 Å². The Hall–Kier alpha value is -0.980. The molecule has 0 aliphatic carbocycles. The second kappa shape index (κ2) is 9.49. The number of carbonyl (C=O) groups excluding carboxylic acids is 2. The lowest BCUT2D eigenvalue weighted by Gasteiger charge is -2.38. The first-order valence-electron chi connectivity index (χ1n) is 9.39. The lowest BCUT2D eigenvalue weighted by atomic mass is 9.95. The van der Waals surface area contributed by atoms with Crippen LogP contribution in [0, 0.1) is 11.8 Å². The maximum atomic E-state index is 11.9. The van der Waals surface area contributed by atoms with Crippen LogP contribution in [-0.2, 0) is 9.59 Å². The lowest BCUT2D eigenvalue weighted by Crippen LogP contribution is -2.52. The Labute approximate surface area is 146 Å². The molecule has 0 saturated carbocycles. The Balaban J connectivity index is 1.64. The number of Topliss-reactive ketones (excluding diaryl/α,β-unsaturated/α-hetero) is 1. The fourth-order valence-corrected chi connectivity index (χ4v) is 3.54. The molecule has 0 atom stereocenters. The number of hydrogen-bond donors (Lipinski definition) is 1. The number of ketones is 1. The monoisotopic (exact) mass is 338 g/mol. The maximum Gasteiger partial charge on any atom is 0.236 e. The van der Waals surface area contributed by atoms with Gasteiger partial charge in [0.05, 0.1) is 13.1 Å². The molecule has 24 heavy (non-hydrogen) atoms. The number of amides is 1. The summed E-state index contributed by atoms with van der Waals surface area (Å²) in [5.41, 5.74) is 0. The van der Waals surface area contributed by atoms with Crippen LogP contribution in [0.25, 0.3) is 0 Å². The molecule has 1 N–H and O–H groups in total. The summed E-state index contributed by atoms with van der Waals surface area (Å²) in [6, 6.07) is 0. The molecule has 138 valence electrons. The highest BCUT2D eigenvalue weighted by Crippen LogP contribution is 2.19. The highest BCUT2D eigenvalue weighted by molar-refractivity contribution is 5.82. The highest BCUT2D eigenvalue weighted by Gasteiger charge is 2.26. The lowest BCUT2D eigenvalue weighted by molar-refractivity contribution is -0.132. The molecule has 2 aliphatic rings. The fourth-order valence-electron chi connectivity index (χ4n) is 3.54. The molecule has 1 amide bonds. The molecule has 0 bridgehead atoms. The van der Waals surface area contributed by atoms with E-state index < -0.39 is 0 Å². The van der Waals surface area contributed by atoms with Gasteiger partial charge in [-0.15, -0.1) is 0 Å². The summed E-state index contributed by atoms with van der Waals surface area (Å²) in [7, 11) is 1.81. The van der Waals surface area contributed by atoms with Crippen molar-refractivity contribution < 1.29 is 9.59 Å². The number of nitrogens with zero attached hydrogens (tertiary/aromatic N) is 3. The predicted octanol–water partition coefficient (Wildman–Crippen LogP) is 0.287. The molecule has 0 spiro atoms. The summed E-state index contributed by atoms with van der Waals surface area (Å²) in [6.07, 6.45) is 2.37. The van der Waals surface area contributed by atoms with Crippen LogP contribution >= 0.6 is 0 Å². The minimum absolute atomic E-state index is 0.143. The quantitative estimate of drug-likeness (QED) is 0.723. The number of piperazine rings is 1. The standard InChI is InChI=1S/C18H34N4O2/c1-15(2)17(23)14-20-6-4-16(5-7-20)13-21-8-10-22(11-9-21)18(24)12-19-3/h15-16,19H,4-14H2,1-3H3. The minimum Gasteiger partial charge on any atom is -0.339 e. The van der Waals surface area contributed by atoms with E-state index in [-0.39, 0.29) is 11.8 Å². The Morgan fingerprint density at radius 3 is 2.17 bits per heavy atom. The number of piperidine rings is 1. The molecular weight excluding hydrogens is 304 g/mol. The second-order valence-corrected chi connectivity index (χ2v) is 7.55. The molecule has 0 aromatic heterocycles. The van der Waals surface area contributed by atoms with E-state index in [2.05, 4.69) is 15.1 Å². The molecule has 6 nitrogen and oxygen atoms in total. The summed E-state index contributed by atoms with van der Waals surface area (Å²) in [5.74, 6) is 1.44. The SMILES string of the molecule is CNCC(=O)N1CCN(CC2CCN(CC(=O)C(C)C)CC2)CC1. The highest BCUT2D eigenvalue weighted by atomic mass is 16.2. The van der Waals surface area contributed by atoms with E-state index in [1.807, 2.05) is 25.8 Å². The Bertz CT molecular complexity index is 411. The number of likely N-dealkylation sites (N-methyl/N-ethyl adjacent to an activating group) is 1. The second-order valence-electron chi connectivity index (χ2n) is 7.55. The predicted molar refractivity (Wildman–Crippen MR) is 96.0 cm³/mol. The molecular formula is C18H34N4O2. The van der Waals surface area contributed by atoms with Crippen LogP contribution in [-0.4, -0.2) is 92.3 Å². The van der Waals surface area contributed by atoms with Gasteiger partial charge < -0.3 is 10.2 Å². The Kier molecular flexibility index (Phi) is 7.65. The van der Waals surface area contributed by atoms with Gasteiger partial charge in [-0.2, -0.15) is 0 Å². The summed E-state index contributed by atoms with van der Waals surface area (Å²) in [4.78, 5) is 30.5. The number of carbonyl (C=O) groups is 2. The van der Waals surface area contributed by atoms with Gasteiger partial charge in [-0.1, -0.05) is 13.8 Å². The third-order valence-corrected chi connectivity index (χ3v) is 5.30. The van der Waals surface area contributed by atoms with E-state index in [9.17, 15) is 9.59 Å². The van der Waals surface area contributed by atoms with Gasteiger partial charge in [0.15, 0.2) is 0 Å². The van der Waals surface area contributed by atoms with Gasteiger partial charge in [0.2, 0.25) is 5.91 Å². The Morgan fingerprint density at radius 2 is 1.62 bits per heavy atom. The topological polar surface area (TPSA) is 55.9 Å². The molecule has 0 radical (unpaired) electrons. The van der Waals surface area contributed by atoms with Gasteiger partial charge in [-0.3, -0.25) is 19.4 Å². The Morgan fingerprint density at radius 1 is 1.00 bits per heavy atom. The van der Waals surface area contributed by atoms with Crippen molar-refractivity contribution in [2.45, 2.75) is 26.7 Å². The molecule has 2 fully saturated rings. The fraction of sp³-hybridized carbons (Fsp3) is 0.889. The van der Waals surface area contributed by atoms with Crippen molar-refractivity contribution in [2.24, 2.45) is 11.8 Å². The van der Waals surface area contributed by atoms with Crippen LogP contribution in [0.5, 0.6) is 0 Å². The molecule has 0 aromatic rings. The van der Waals surface area contributed by atoms with Gasteiger partial charge >= 0.3 is 0 Å². The summed E-state index contributed by atoms with van der Waals surface area (Å²) in [6.45, 7) is 11.9. The van der Waals surface area contributed by atoms with Gasteiger partial charge in [0, 0.05) is 38.6 Å². The van der Waals surface area contributed by atoms with E-state index in [0.717, 1.165) is 51.7 Å². The molecule has 2 aliphatic heterocycles. The van der Waals surface area contributed by atoms with Crippen molar-refractivity contribution in [3.05, 3.63) is 0 Å². The minimum atomic E-state index is 0.143. The van der Waals surface area contributed by atoms with Crippen LogP contribution in [0.3, 0.4) is 0 Å². The molecule has 0 unspecified atom stereocenters. The summed E-state index contributed by atoms with van der Waals surface area (Å²) >= 11 is 0. The average Bonchev–Trinajstić information content (AvgIpc) is 2.57. The zero-order chi connectivity index (χ0) is 17.5. The van der Waals surface area contributed by atoms with Crippen LogP contribution in [0.4, 0.5) is 0 Å². The van der Waals surface area contributed by atoms with Gasteiger partial charge in [-0.25, -0.2) is 0 Å². The smallest absolute Gasteiger partial charge is 0.236 e. The molecule has 2 rings (SSSR count). The normalized spacial score (nSPS) is 21.4. The van der Waals surface area contributed by atoms with Gasteiger partial charge in [-0.05, 0) is 38.9 Å². The van der Waals surface area contributed by atoms with Crippen molar-refractivity contribution >= 4 is 11.7 Å². The molecule has 2 heterocycles. The first kappa shape index (κ1) is 19.3. The first-order valence-corrected chi connectivity index (χ1v) is 9.39. The van der Waals surface area contributed by atoms with Crippen molar-refractivity contribution in [1.29, 1.82) is 0 Å². The first-order chi connectivity index (χ1) is 11.5. The summed E-state index contributed by atoms with van der Waals surface area (Å²) < 4.78 is 0. The largest absolute Gasteiger partial charge is 0.339 e. The van der Waals surface area contributed by atoms with Crippen LogP contribution in [0.1, 0.15) is 26.7 Å². The van der Waals surface area contributed by atoms with Gasteiger partial charge in [0.1, 0.15) is 5.78 Å². The average molecular weight is 338 g/mol. The third kappa shape index (κ3) is 5.83. The van der Waals surface area contributed by atoms with E-state index in [1.165, 1.54) is 12.8 Å². The van der Waals surface area contributed by atoms with Crippen molar-refractivity contribution in [3.8, 4) is 0 Å². The number of hydrogen-bond acceptors (Lipinski definition) is 5. The van der Waals surface area contributed by atoms with Crippen molar-refractivity contribution in [1.82, 2.24) is 20.0 Å². The third-order valence-electron chi connectivity index (χ3n) is 5.30. The van der Waals surface area contributed by atoms with Crippen LogP contribution in [0.2, 0.25) is 0 Å². The molecule has 2 saturated heterocycles. The van der Waals surface area contributed by atoms with E-state index in [0.29, 0.717) is 18.9 Å². The van der Waals surface area contributed by atoms with E-state index in [4.69, 9.17) is 0 Å². The molecule has 0 aromatic carbocycles. The zero-order valence-corrected chi connectivity index (χ0v) is 15.6. The van der Waals surface area contributed by atoms with E-state index >= 15 is 0 Å². The molecule has 6 heteroatoms. The number of rotatable bonds is 7. The van der Waals surface area contributed by atoms with Crippen molar-refractivity contribution in [2.75, 3.05) is 66.0 Å². The number of likely N-dealkylation sites (tertiary alicyclic amines) is 1. The zero-order valence-electron chi connectivity index (χ0n) is 15.6. The van der Waals surface area contributed by atoms with Crippen LogP contribution < -0.4 is 5.32 Å². The van der Waals surface area contributed by atoms with Crippen molar-refractivity contribution in [3.63, 3.8) is 0 Å². The number of nitrogens with one attached hydrogen (secondary N) is 1.